The minimum Gasteiger partial charge on any atom is -0.550 e. The molecular formula is C16H30O4S4Zn. The Balaban J connectivity index is -0.000000372. The van der Waals surface area contributed by atoms with Gasteiger partial charge in [0.1, 0.15) is 0 Å². The average molecular weight is 480 g/mol. The normalized spacial score (nSPS) is 12.3. The van der Waals surface area contributed by atoms with Gasteiger partial charge in [-0.3, -0.25) is 0 Å². The fourth-order valence-corrected chi connectivity index (χ4v) is 3.54. The predicted octanol–water partition coefficient (Wildman–Crippen LogP) is 1.83. The molecule has 0 heterocycles. The molecule has 0 rings (SSSR count). The summed E-state index contributed by atoms with van der Waals surface area (Å²) in [6.07, 6.45) is 7.47. The Morgan fingerprint density at radius 2 is 1.00 bits per heavy atom. The molecule has 0 amide bonds. The summed E-state index contributed by atoms with van der Waals surface area (Å²) < 4.78 is 0. The molecule has 25 heavy (non-hydrogen) atoms. The first kappa shape index (κ1) is 30.7. The number of thiol groups is 4. The number of aliphatic carboxylic acids is 2. The van der Waals surface area contributed by atoms with E-state index >= 15 is 0 Å². The van der Waals surface area contributed by atoms with E-state index in [1.807, 2.05) is 0 Å². The molecule has 4 nitrogen and oxygen atoms in total. The molecule has 9 heteroatoms. The van der Waals surface area contributed by atoms with Gasteiger partial charge in [-0.05, 0) is 62.9 Å². The van der Waals surface area contributed by atoms with Crippen molar-refractivity contribution in [2.45, 2.75) is 74.7 Å². The Morgan fingerprint density at radius 3 is 1.24 bits per heavy atom. The molecule has 0 fully saturated rings. The van der Waals surface area contributed by atoms with E-state index in [1.165, 1.54) is 0 Å². The molecule has 0 N–H and O–H groups in total. The van der Waals surface area contributed by atoms with Crippen molar-refractivity contribution in [2.24, 2.45) is 0 Å². The molecule has 0 spiro atoms. The molecule has 2 atom stereocenters. The quantitative estimate of drug-likeness (QED) is 0.174. The van der Waals surface area contributed by atoms with Gasteiger partial charge < -0.3 is 19.8 Å². The van der Waals surface area contributed by atoms with Crippen molar-refractivity contribution < 1.29 is 39.3 Å². The summed E-state index contributed by atoms with van der Waals surface area (Å²) in [5.41, 5.74) is 0. The maximum absolute atomic E-state index is 10.0. The summed E-state index contributed by atoms with van der Waals surface area (Å²) in [6.45, 7) is 0. The van der Waals surface area contributed by atoms with Crippen LogP contribution in [0.25, 0.3) is 0 Å². The summed E-state index contributed by atoms with van der Waals surface area (Å²) in [5, 5.41) is 20.8. The second-order valence-corrected chi connectivity index (χ2v) is 7.92. The molecule has 0 aromatic rings. The zero-order chi connectivity index (χ0) is 18.8. The number of rotatable bonds is 14. The third-order valence-electron chi connectivity index (χ3n) is 3.26. The maximum Gasteiger partial charge on any atom is 2.00 e. The van der Waals surface area contributed by atoms with Crippen LogP contribution in [0.15, 0.2) is 0 Å². The molecular weight excluding hydrogens is 450 g/mol. The first-order chi connectivity index (χ1) is 11.3. The van der Waals surface area contributed by atoms with Crippen LogP contribution in [0.2, 0.25) is 0 Å². The van der Waals surface area contributed by atoms with Gasteiger partial charge in [0, 0.05) is 22.4 Å². The van der Waals surface area contributed by atoms with Crippen LogP contribution in [-0.4, -0.2) is 33.9 Å². The van der Waals surface area contributed by atoms with Crippen LogP contribution in [0.1, 0.15) is 64.2 Å². The summed E-state index contributed by atoms with van der Waals surface area (Å²) in [7, 11) is 0. The smallest absolute Gasteiger partial charge is 0.550 e. The molecule has 0 unspecified atom stereocenters. The van der Waals surface area contributed by atoms with Crippen LogP contribution in [-0.2, 0) is 29.1 Å². The fraction of sp³-hybridized carbons (Fsp3) is 0.875. The van der Waals surface area contributed by atoms with Gasteiger partial charge in [0.25, 0.3) is 0 Å². The number of unbranched alkanes of at least 4 members (excludes halogenated alkanes) is 2. The Bertz CT molecular complexity index is 293. The van der Waals surface area contributed by atoms with E-state index < -0.39 is 11.9 Å². The van der Waals surface area contributed by atoms with Crippen molar-refractivity contribution in [1.82, 2.24) is 0 Å². The number of hydrogen-bond acceptors (Lipinski definition) is 8. The Hall–Kier alpha value is 0.963. The number of carbonyl (C=O) groups excluding carboxylic acids is 2. The first-order valence-corrected chi connectivity index (χ1v) is 10.6. The number of hydrogen-bond donors (Lipinski definition) is 4. The van der Waals surface area contributed by atoms with Gasteiger partial charge in [0.2, 0.25) is 0 Å². The van der Waals surface area contributed by atoms with Gasteiger partial charge in [0.15, 0.2) is 0 Å². The zero-order valence-electron chi connectivity index (χ0n) is 14.8. The molecule has 0 aliphatic heterocycles. The molecule has 0 aliphatic rings. The van der Waals surface area contributed by atoms with Crippen molar-refractivity contribution in [3.05, 3.63) is 0 Å². The van der Waals surface area contributed by atoms with E-state index in [0.717, 1.165) is 50.0 Å². The van der Waals surface area contributed by atoms with Crippen LogP contribution >= 0.6 is 50.5 Å². The number of carbonyl (C=O) groups is 2. The van der Waals surface area contributed by atoms with Gasteiger partial charge in [-0.2, -0.15) is 50.5 Å². The van der Waals surface area contributed by atoms with Crippen LogP contribution in [0.5, 0.6) is 0 Å². The monoisotopic (exact) mass is 478 g/mol. The van der Waals surface area contributed by atoms with Crippen LogP contribution < -0.4 is 10.2 Å². The molecule has 0 aromatic heterocycles. The molecule has 0 bridgehead atoms. The van der Waals surface area contributed by atoms with Gasteiger partial charge >= 0.3 is 19.5 Å². The zero-order valence-corrected chi connectivity index (χ0v) is 21.3. The van der Waals surface area contributed by atoms with Crippen molar-refractivity contribution in [2.75, 3.05) is 11.5 Å². The van der Waals surface area contributed by atoms with E-state index in [4.69, 9.17) is 0 Å². The maximum atomic E-state index is 10.0. The molecule has 0 aromatic carbocycles. The SMILES string of the molecule is O=C([O-])CCCC[C@@H](S)CCS.O=C([O-])CCCC[C@@H](S)CCS.[Zn+2]. The average Bonchev–Trinajstić information content (AvgIpc) is 2.49. The summed E-state index contributed by atoms with van der Waals surface area (Å²) in [6, 6.07) is 0. The summed E-state index contributed by atoms with van der Waals surface area (Å²) in [5.74, 6) is -0.233. The predicted molar refractivity (Wildman–Crippen MR) is 109 cm³/mol. The summed E-state index contributed by atoms with van der Waals surface area (Å²) >= 11 is 16.8. The third-order valence-corrected chi connectivity index (χ3v) is 4.81. The van der Waals surface area contributed by atoms with Crippen molar-refractivity contribution in [1.29, 1.82) is 0 Å². The Labute approximate surface area is 187 Å². The molecule has 144 valence electrons. The van der Waals surface area contributed by atoms with Crippen LogP contribution in [0, 0.1) is 0 Å². The van der Waals surface area contributed by atoms with E-state index in [2.05, 4.69) is 50.5 Å². The van der Waals surface area contributed by atoms with Gasteiger partial charge in [0.05, 0.1) is 0 Å². The molecule has 0 radical (unpaired) electrons. The second kappa shape index (κ2) is 23.0. The molecule has 0 saturated heterocycles. The van der Waals surface area contributed by atoms with E-state index in [0.29, 0.717) is 23.3 Å². The van der Waals surface area contributed by atoms with Crippen LogP contribution in [0.4, 0.5) is 0 Å². The Morgan fingerprint density at radius 1 is 0.680 bits per heavy atom. The minimum atomic E-state index is -0.958. The summed E-state index contributed by atoms with van der Waals surface area (Å²) in [4.78, 5) is 20.1. The largest absolute Gasteiger partial charge is 2.00 e. The van der Waals surface area contributed by atoms with Crippen molar-refractivity contribution >= 4 is 62.5 Å². The molecule has 0 aliphatic carbocycles. The van der Waals surface area contributed by atoms with Crippen molar-refractivity contribution in [3.8, 4) is 0 Å². The Kier molecular flexibility index (Phi) is 28.2. The topological polar surface area (TPSA) is 80.3 Å². The van der Waals surface area contributed by atoms with Crippen LogP contribution in [0.3, 0.4) is 0 Å². The number of carboxylic acids is 2. The third kappa shape index (κ3) is 30.0. The van der Waals surface area contributed by atoms with E-state index in [1.54, 1.807) is 0 Å². The second-order valence-electron chi connectivity index (χ2n) is 5.57. The number of carboxylic acid groups (broad SMARTS) is 2. The van der Waals surface area contributed by atoms with Gasteiger partial charge in [-0.1, -0.05) is 12.8 Å². The fourth-order valence-electron chi connectivity index (χ4n) is 1.89. The first-order valence-electron chi connectivity index (χ1n) is 8.31. The standard InChI is InChI=1S/2C8H16O2S2.Zn/c2*9-8(10)4-2-1-3-7(12)5-6-11;/h2*7,11-12H,1-6H2,(H,9,10);/q;;+2/p-2/t2*7-;/m11./s1. The van der Waals surface area contributed by atoms with Gasteiger partial charge in [-0.25, -0.2) is 0 Å². The van der Waals surface area contributed by atoms with E-state index in [9.17, 15) is 19.8 Å². The van der Waals surface area contributed by atoms with Gasteiger partial charge in [-0.15, -0.1) is 0 Å². The van der Waals surface area contributed by atoms with Crippen molar-refractivity contribution in [3.63, 3.8) is 0 Å². The minimum absolute atomic E-state index is 0. The molecule has 0 saturated carbocycles. The van der Waals surface area contributed by atoms with E-state index in [-0.39, 0.29) is 32.3 Å².